The topological polar surface area (TPSA) is 35.8 Å². The molecule has 0 aliphatic carbocycles. The molecule has 186 valence electrons. The summed E-state index contributed by atoms with van der Waals surface area (Å²) < 4.78 is 32.0. The molecule has 3 rings (SSSR count). The first kappa shape index (κ1) is 26.8. The van der Waals surface area contributed by atoms with E-state index in [-0.39, 0.29) is 6.61 Å². The molecule has 0 N–H and O–H groups in total. The standard InChI is InChI=1S/C16H14FN2O2.3C4H9.Sn/c1-20-14-6-7-16-18-15(11-19(16)10-14)12-2-4-13(5-3-12)21-9-8-17;3*1-3-4-2;/h2-4,6-7,10-11H,8-9H2,1H3;3*1,3-4H2,2H3;. The molecule has 0 fully saturated rings. The van der Waals surface area contributed by atoms with E-state index in [0.29, 0.717) is 0 Å². The summed E-state index contributed by atoms with van der Waals surface area (Å²) in [5.74, 6) is 1.73. The third-order valence-corrected chi connectivity index (χ3v) is 22.5. The first-order chi connectivity index (χ1) is 16.6. The van der Waals surface area contributed by atoms with E-state index in [4.69, 9.17) is 14.5 Å². The summed E-state index contributed by atoms with van der Waals surface area (Å²) in [5.41, 5.74) is 2.97. The second-order valence-electron chi connectivity index (χ2n) is 9.30. The molecule has 2 aromatic heterocycles. The molecule has 0 spiro atoms. The number of methoxy groups -OCH3 is 1. The molecular weight excluding hydrogens is 534 g/mol. The first-order valence-corrected chi connectivity index (χ1v) is 20.4. The monoisotopic (exact) mass is 576 g/mol. The van der Waals surface area contributed by atoms with Crippen LogP contribution < -0.4 is 13.1 Å². The van der Waals surface area contributed by atoms with Gasteiger partial charge in [0.2, 0.25) is 0 Å². The van der Waals surface area contributed by atoms with Gasteiger partial charge >= 0.3 is 209 Å². The summed E-state index contributed by atoms with van der Waals surface area (Å²) in [6, 6.07) is 10.5. The molecule has 0 amide bonds. The molecule has 6 heteroatoms. The molecule has 3 aromatic rings. The molecule has 0 bridgehead atoms. The normalized spacial score (nSPS) is 11.8. The Labute approximate surface area is 208 Å². The van der Waals surface area contributed by atoms with E-state index in [2.05, 4.69) is 45.2 Å². The van der Waals surface area contributed by atoms with Gasteiger partial charge < -0.3 is 0 Å². The predicted molar refractivity (Wildman–Crippen MR) is 143 cm³/mol. The third kappa shape index (κ3) is 6.46. The SMILES string of the molecule is CCC[CH2][Sn]([CH2]CCC)([CH2]CCC)[c]1cc(-c2cn3cc(OC)ccc3n2)ccc1OCCF. The summed E-state index contributed by atoms with van der Waals surface area (Å²) in [7, 11) is 1.68. The molecule has 0 unspecified atom stereocenters. The molecule has 0 atom stereocenters. The van der Waals surface area contributed by atoms with Crippen molar-refractivity contribution in [1.29, 1.82) is 0 Å². The Balaban J connectivity index is 2.13. The zero-order valence-electron chi connectivity index (χ0n) is 21.4. The van der Waals surface area contributed by atoms with Crippen LogP contribution in [0, 0.1) is 0 Å². The maximum absolute atomic E-state index is 13.1. The Morgan fingerprint density at radius 1 is 0.912 bits per heavy atom. The molecule has 0 saturated carbocycles. The minimum atomic E-state index is -2.81. The number of aromatic nitrogens is 2. The zero-order chi connectivity index (χ0) is 24.4. The quantitative estimate of drug-likeness (QED) is 0.177. The van der Waals surface area contributed by atoms with Gasteiger partial charge in [-0.2, -0.15) is 0 Å². The second-order valence-corrected chi connectivity index (χ2v) is 22.4. The number of ether oxygens (including phenoxy) is 2. The fourth-order valence-corrected chi connectivity index (χ4v) is 21.5. The summed E-state index contributed by atoms with van der Waals surface area (Å²) in [5, 5.41) is 0. The summed E-state index contributed by atoms with van der Waals surface area (Å²) in [6.07, 6.45) is 11.5. The number of fused-ring (bicyclic) bond motifs is 1. The maximum atomic E-state index is 13.1. The van der Waals surface area contributed by atoms with Crippen molar-refractivity contribution in [3.63, 3.8) is 0 Å². The van der Waals surface area contributed by atoms with Crippen LogP contribution >= 0.6 is 0 Å². The molecule has 0 aliphatic heterocycles. The second kappa shape index (κ2) is 13.4. The van der Waals surface area contributed by atoms with E-state index in [1.807, 2.05) is 22.7 Å². The van der Waals surface area contributed by atoms with Crippen molar-refractivity contribution >= 4 is 27.6 Å². The molecule has 1 aromatic carbocycles. The van der Waals surface area contributed by atoms with Crippen LogP contribution in [0.15, 0.2) is 42.7 Å². The number of hydrogen-bond donors (Lipinski definition) is 0. The van der Waals surface area contributed by atoms with Gasteiger partial charge in [-0.25, -0.2) is 0 Å². The number of unbranched alkanes of at least 4 members (excludes halogenated alkanes) is 3. The van der Waals surface area contributed by atoms with Crippen molar-refractivity contribution in [2.45, 2.75) is 72.6 Å². The number of hydrogen-bond acceptors (Lipinski definition) is 3. The summed E-state index contributed by atoms with van der Waals surface area (Å²) in [6.45, 7) is 6.53. The van der Waals surface area contributed by atoms with Crippen LogP contribution in [0.2, 0.25) is 13.3 Å². The average molecular weight is 575 g/mol. The van der Waals surface area contributed by atoms with Crippen LogP contribution in [0.5, 0.6) is 11.5 Å². The van der Waals surface area contributed by atoms with Crippen LogP contribution in [0.3, 0.4) is 0 Å². The van der Waals surface area contributed by atoms with Crippen molar-refractivity contribution in [2.24, 2.45) is 0 Å². The van der Waals surface area contributed by atoms with E-state index in [1.54, 1.807) is 7.11 Å². The Morgan fingerprint density at radius 2 is 1.59 bits per heavy atom. The van der Waals surface area contributed by atoms with Crippen molar-refractivity contribution in [1.82, 2.24) is 9.38 Å². The van der Waals surface area contributed by atoms with Crippen LogP contribution in [0.4, 0.5) is 4.39 Å². The minimum absolute atomic E-state index is 0.123. The van der Waals surface area contributed by atoms with Gasteiger partial charge in [-0.3, -0.25) is 0 Å². The Hall–Kier alpha value is -1.76. The van der Waals surface area contributed by atoms with Gasteiger partial charge in [0.05, 0.1) is 0 Å². The fraction of sp³-hybridized carbons (Fsp3) is 0.536. The molecule has 0 aliphatic rings. The van der Waals surface area contributed by atoms with Gasteiger partial charge in [0, 0.05) is 0 Å². The molecular formula is C28H41FN2O2Sn. The summed E-state index contributed by atoms with van der Waals surface area (Å²) in [4.78, 5) is 4.89. The fourth-order valence-electron chi connectivity index (χ4n) is 4.93. The van der Waals surface area contributed by atoms with Gasteiger partial charge in [0.1, 0.15) is 0 Å². The van der Waals surface area contributed by atoms with Crippen molar-refractivity contribution < 1.29 is 13.9 Å². The van der Waals surface area contributed by atoms with E-state index in [0.717, 1.165) is 28.4 Å². The number of halogens is 1. The Bertz CT molecular complexity index is 1010. The number of alkyl halides is 1. The molecule has 4 nitrogen and oxygen atoms in total. The molecule has 34 heavy (non-hydrogen) atoms. The van der Waals surface area contributed by atoms with Crippen LogP contribution in [-0.4, -0.2) is 48.2 Å². The van der Waals surface area contributed by atoms with Crippen LogP contribution in [-0.2, 0) is 0 Å². The zero-order valence-corrected chi connectivity index (χ0v) is 24.3. The van der Waals surface area contributed by atoms with Gasteiger partial charge in [-0.15, -0.1) is 0 Å². The van der Waals surface area contributed by atoms with E-state index in [9.17, 15) is 4.39 Å². The van der Waals surface area contributed by atoms with E-state index >= 15 is 0 Å². The first-order valence-electron chi connectivity index (χ1n) is 13.0. The number of benzene rings is 1. The van der Waals surface area contributed by atoms with Gasteiger partial charge in [0.25, 0.3) is 0 Å². The number of rotatable bonds is 15. The number of nitrogens with zero attached hydrogens (tertiary/aromatic N) is 2. The van der Waals surface area contributed by atoms with Crippen LogP contribution in [0.25, 0.3) is 16.9 Å². The van der Waals surface area contributed by atoms with Gasteiger partial charge in [0.15, 0.2) is 0 Å². The van der Waals surface area contributed by atoms with Crippen molar-refractivity contribution in [2.75, 3.05) is 20.4 Å². The third-order valence-electron chi connectivity index (χ3n) is 6.87. The van der Waals surface area contributed by atoms with Crippen molar-refractivity contribution in [3.05, 3.63) is 42.7 Å². The van der Waals surface area contributed by atoms with Gasteiger partial charge in [-0.05, 0) is 0 Å². The predicted octanol–water partition coefficient (Wildman–Crippen LogP) is 7.41. The number of imidazole rings is 1. The average Bonchev–Trinajstić information content (AvgIpc) is 3.30. The molecule has 0 radical (unpaired) electrons. The number of pyridine rings is 1. The van der Waals surface area contributed by atoms with Gasteiger partial charge in [-0.1, -0.05) is 0 Å². The molecule has 0 saturated heterocycles. The van der Waals surface area contributed by atoms with Crippen molar-refractivity contribution in [3.8, 4) is 22.8 Å². The Kier molecular flexibility index (Phi) is 10.5. The molecule has 2 heterocycles. The Morgan fingerprint density at radius 3 is 2.18 bits per heavy atom. The van der Waals surface area contributed by atoms with Crippen LogP contribution in [0.1, 0.15) is 59.3 Å². The van der Waals surface area contributed by atoms with E-state index in [1.165, 1.54) is 55.4 Å². The summed E-state index contributed by atoms with van der Waals surface area (Å²) >= 11 is -2.81. The van der Waals surface area contributed by atoms with E-state index < -0.39 is 25.1 Å².